The molecule has 3 heteroatoms. The molecule has 1 unspecified atom stereocenters. The summed E-state index contributed by atoms with van der Waals surface area (Å²) in [6.07, 6.45) is 1.37. The van der Waals surface area contributed by atoms with E-state index in [-0.39, 0.29) is 0 Å². The van der Waals surface area contributed by atoms with Gasteiger partial charge in [-0.3, -0.25) is 0 Å². The first-order valence-corrected chi connectivity index (χ1v) is 6.84. The van der Waals surface area contributed by atoms with Crippen molar-refractivity contribution in [3.63, 3.8) is 0 Å². The third kappa shape index (κ3) is 3.03. The molecule has 1 fully saturated rings. The molecule has 0 spiro atoms. The molecule has 18 heavy (non-hydrogen) atoms. The van der Waals surface area contributed by atoms with Crippen molar-refractivity contribution in [2.75, 3.05) is 38.2 Å². The number of benzene rings is 1. The van der Waals surface area contributed by atoms with E-state index in [2.05, 4.69) is 49.3 Å². The Morgan fingerprint density at radius 1 is 1.44 bits per heavy atom. The van der Waals surface area contributed by atoms with Gasteiger partial charge in [-0.05, 0) is 24.5 Å². The first-order valence-electron chi connectivity index (χ1n) is 6.84. The number of nitrogens with zero attached hydrogens (tertiary/aromatic N) is 1. The van der Waals surface area contributed by atoms with Gasteiger partial charge in [0.05, 0.1) is 12.7 Å². The molecule has 3 nitrogen and oxygen atoms in total. The van der Waals surface area contributed by atoms with Crippen molar-refractivity contribution >= 4 is 5.69 Å². The van der Waals surface area contributed by atoms with E-state index in [1.54, 1.807) is 0 Å². The van der Waals surface area contributed by atoms with Crippen LogP contribution in [0.5, 0.6) is 0 Å². The van der Waals surface area contributed by atoms with Crippen molar-refractivity contribution < 1.29 is 4.74 Å². The molecule has 1 aromatic rings. The van der Waals surface area contributed by atoms with Gasteiger partial charge in [-0.15, -0.1) is 0 Å². The van der Waals surface area contributed by atoms with Crippen LogP contribution in [0.1, 0.15) is 18.1 Å². The zero-order valence-electron chi connectivity index (χ0n) is 11.7. The van der Waals surface area contributed by atoms with Crippen LogP contribution in [0.25, 0.3) is 0 Å². The highest BCUT2D eigenvalue weighted by Crippen LogP contribution is 2.25. The SMILES string of the molecule is CCc1cccc(C)c1N(C)CC1CNCCO1. The topological polar surface area (TPSA) is 24.5 Å². The molecule has 0 bridgehead atoms. The van der Waals surface area contributed by atoms with E-state index in [0.717, 1.165) is 32.7 Å². The van der Waals surface area contributed by atoms with E-state index >= 15 is 0 Å². The predicted octanol–water partition coefficient (Wildman–Crippen LogP) is 1.98. The van der Waals surface area contributed by atoms with Gasteiger partial charge < -0.3 is 15.0 Å². The van der Waals surface area contributed by atoms with E-state index in [4.69, 9.17) is 4.74 Å². The number of nitrogens with one attached hydrogen (secondary N) is 1. The Morgan fingerprint density at radius 2 is 2.28 bits per heavy atom. The molecule has 1 aliphatic heterocycles. The maximum atomic E-state index is 5.78. The van der Waals surface area contributed by atoms with Gasteiger partial charge >= 0.3 is 0 Å². The maximum Gasteiger partial charge on any atom is 0.0874 e. The highest BCUT2D eigenvalue weighted by atomic mass is 16.5. The fraction of sp³-hybridized carbons (Fsp3) is 0.600. The Bertz CT molecular complexity index is 386. The molecule has 1 saturated heterocycles. The fourth-order valence-corrected chi connectivity index (χ4v) is 2.68. The largest absolute Gasteiger partial charge is 0.374 e. The van der Waals surface area contributed by atoms with Crippen molar-refractivity contribution in [3.8, 4) is 0 Å². The van der Waals surface area contributed by atoms with Crippen LogP contribution >= 0.6 is 0 Å². The summed E-state index contributed by atoms with van der Waals surface area (Å²) in [5.74, 6) is 0. The number of anilines is 1. The Kier molecular flexibility index (Phi) is 4.61. The Morgan fingerprint density at radius 3 is 2.94 bits per heavy atom. The molecule has 100 valence electrons. The first kappa shape index (κ1) is 13.4. The minimum absolute atomic E-state index is 0.299. The maximum absolute atomic E-state index is 5.78. The average Bonchev–Trinajstić information content (AvgIpc) is 2.39. The zero-order chi connectivity index (χ0) is 13.0. The van der Waals surface area contributed by atoms with Crippen molar-refractivity contribution in [1.82, 2.24) is 5.32 Å². The molecule has 1 atom stereocenters. The second kappa shape index (κ2) is 6.21. The third-order valence-corrected chi connectivity index (χ3v) is 3.57. The van der Waals surface area contributed by atoms with Crippen LogP contribution in [-0.2, 0) is 11.2 Å². The Balaban J connectivity index is 2.09. The summed E-state index contributed by atoms with van der Waals surface area (Å²) in [5, 5.41) is 3.38. The summed E-state index contributed by atoms with van der Waals surface area (Å²) >= 11 is 0. The number of para-hydroxylation sites is 1. The van der Waals surface area contributed by atoms with Gasteiger partial charge in [0, 0.05) is 32.4 Å². The molecule has 0 aromatic heterocycles. The predicted molar refractivity (Wildman–Crippen MR) is 76.4 cm³/mol. The number of hydrogen-bond donors (Lipinski definition) is 1. The summed E-state index contributed by atoms with van der Waals surface area (Å²) in [6, 6.07) is 6.55. The summed E-state index contributed by atoms with van der Waals surface area (Å²) in [6.45, 7) is 8.11. The molecule has 0 saturated carbocycles. The molecule has 1 N–H and O–H groups in total. The molecule has 0 amide bonds. The molecule has 0 aliphatic carbocycles. The molecular weight excluding hydrogens is 224 g/mol. The van der Waals surface area contributed by atoms with E-state index in [0.29, 0.717) is 6.10 Å². The molecule has 1 aromatic carbocycles. The highest BCUT2D eigenvalue weighted by molar-refractivity contribution is 5.59. The quantitative estimate of drug-likeness (QED) is 0.882. The fourth-order valence-electron chi connectivity index (χ4n) is 2.68. The third-order valence-electron chi connectivity index (χ3n) is 3.57. The summed E-state index contributed by atoms with van der Waals surface area (Å²) in [5.41, 5.74) is 4.14. The van der Waals surface area contributed by atoms with Gasteiger partial charge in [0.1, 0.15) is 0 Å². The monoisotopic (exact) mass is 248 g/mol. The van der Waals surface area contributed by atoms with Crippen LogP contribution in [0, 0.1) is 6.92 Å². The van der Waals surface area contributed by atoms with Gasteiger partial charge in [0.2, 0.25) is 0 Å². The van der Waals surface area contributed by atoms with Crippen molar-refractivity contribution in [3.05, 3.63) is 29.3 Å². The van der Waals surface area contributed by atoms with E-state index < -0.39 is 0 Å². The summed E-state index contributed by atoms with van der Waals surface area (Å²) in [4.78, 5) is 2.34. The smallest absolute Gasteiger partial charge is 0.0874 e. The number of ether oxygens (including phenoxy) is 1. The lowest BCUT2D eigenvalue weighted by molar-refractivity contribution is 0.0340. The first-order chi connectivity index (χ1) is 8.72. The number of hydrogen-bond acceptors (Lipinski definition) is 3. The number of morpholine rings is 1. The molecule has 1 heterocycles. The van der Waals surface area contributed by atoms with Crippen LogP contribution < -0.4 is 10.2 Å². The van der Waals surface area contributed by atoms with E-state index in [1.807, 2.05) is 0 Å². The van der Waals surface area contributed by atoms with E-state index in [9.17, 15) is 0 Å². The summed E-state index contributed by atoms with van der Waals surface area (Å²) in [7, 11) is 2.17. The van der Waals surface area contributed by atoms with Gasteiger partial charge in [0.25, 0.3) is 0 Å². The average molecular weight is 248 g/mol. The minimum Gasteiger partial charge on any atom is -0.374 e. The van der Waals surface area contributed by atoms with Crippen molar-refractivity contribution in [2.24, 2.45) is 0 Å². The number of rotatable bonds is 4. The van der Waals surface area contributed by atoms with Crippen molar-refractivity contribution in [1.29, 1.82) is 0 Å². The van der Waals surface area contributed by atoms with Gasteiger partial charge in [0.15, 0.2) is 0 Å². The van der Waals surface area contributed by atoms with Crippen LogP contribution in [0.4, 0.5) is 5.69 Å². The lowest BCUT2D eigenvalue weighted by Crippen LogP contribution is -2.44. The lowest BCUT2D eigenvalue weighted by atomic mass is 10.0. The highest BCUT2D eigenvalue weighted by Gasteiger charge is 2.17. The molecule has 1 aliphatic rings. The van der Waals surface area contributed by atoms with Gasteiger partial charge in [-0.1, -0.05) is 25.1 Å². The molecular formula is C15H24N2O. The van der Waals surface area contributed by atoms with Crippen LogP contribution in [0.2, 0.25) is 0 Å². The van der Waals surface area contributed by atoms with Crippen LogP contribution in [0.15, 0.2) is 18.2 Å². The second-order valence-corrected chi connectivity index (χ2v) is 5.01. The molecule has 2 rings (SSSR count). The van der Waals surface area contributed by atoms with Crippen LogP contribution in [0.3, 0.4) is 0 Å². The van der Waals surface area contributed by atoms with Gasteiger partial charge in [-0.2, -0.15) is 0 Å². The number of likely N-dealkylation sites (N-methyl/N-ethyl adjacent to an activating group) is 1. The number of aryl methyl sites for hydroxylation is 2. The summed E-state index contributed by atoms with van der Waals surface area (Å²) < 4.78 is 5.78. The standard InChI is InChI=1S/C15H24N2O/c1-4-13-7-5-6-12(2)15(13)17(3)11-14-10-16-8-9-18-14/h5-7,14,16H,4,8-11H2,1-3H3. The van der Waals surface area contributed by atoms with E-state index in [1.165, 1.54) is 16.8 Å². The normalized spacial score (nSPS) is 19.8. The minimum atomic E-state index is 0.299. The Labute approximate surface area is 110 Å². The van der Waals surface area contributed by atoms with Gasteiger partial charge in [-0.25, -0.2) is 0 Å². The van der Waals surface area contributed by atoms with Crippen LogP contribution in [-0.4, -0.2) is 39.4 Å². The zero-order valence-corrected chi connectivity index (χ0v) is 11.7. The molecule has 0 radical (unpaired) electrons. The second-order valence-electron chi connectivity index (χ2n) is 5.01. The van der Waals surface area contributed by atoms with Crippen molar-refractivity contribution in [2.45, 2.75) is 26.4 Å². The Hall–Kier alpha value is -1.06. The lowest BCUT2D eigenvalue weighted by Gasteiger charge is -2.31.